The van der Waals surface area contributed by atoms with Crippen molar-refractivity contribution < 1.29 is 14.3 Å². The summed E-state index contributed by atoms with van der Waals surface area (Å²) in [6, 6.07) is -0.605. The van der Waals surface area contributed by atoms with Crippen molar-refractivity contribution in [1.82, 2.24) is 14.7 Å². The number of rotatable bonds is 3. The van der Waals surface area contributed by atoms with Crippen LogP contribution in [-0.4, -0.2) is 52.2 Å². The lowest BCUT2D eigenvalue weighted by Crippen LogP contribution is -2.54. The van der Waals surface area contributed by atoms with Crippen molar-refractivity contribution in [2.75, 3.05) is 19.8 Å². The van der Waals surface area contributed by atoms with E-state index in [1.54, 1.807) is 11.1 Å². The Hall–Kier alpha value is -1.60. The van der Waals surface area contributed by atoms with E-state index < -0.39 is 5.60 Å². The van der Waals surface area contributed by atoms with Crippen molar-refractivity contribution in [2.45, 2.75) is 51.9 Å². The number of ether oxygens (including phenoxy) is 2. The summed E-state index contributed by atoms with van der Waals surface area (Å²) < 4.78 is 12.8. The summed E-state index contributed by atoms with van der Waals surface area (Å²) in [5, 5.41) is 4.24. The van der Waals surface area contributed by atoms with Gasteiger partial charge >= 0.3 is 6.09 Å². The van der Waals surface area contributed by atoms with Gasteiger partial charge < -0.3 is 15.2 Å². The van der Waals surface area contributed by atoms with E-state index in [4.69, 9.17) is 15.2 Å². The molecule has 0 aliphatic carbocycles. The quantitative estimate of drug-likeness (QED) is 0.915. The first kappa shape index (κ1) is 16.8. The summed E-state index contributed by atoms with van der Waals surface area (Å²) in [5.74, 6) is 0. The van der Waals surface area contributed by atoms with Gasteiger partial charge in [-0.2, -0.15) is 5.10 Å². The number of morpholine rings is 1. The second kappa shape index (κ2) is 6.66. The van der Waals surface area contributed by atoms with Crippen LogP contribution >= 0.6 is 0 Å². The van der Waals surface area contributed by atoms with E-state index in [-0.39, 0.29) is 18.2 Å². The molecule has 1 fully saturated rings. The Labute approximate surface area is 131 Å². The van der Waals surface area contributed by atoms with Crippen LogP contribution in [0.4, 0.5) is 4.79 Å². The summed E-state index contributed by atoms with van der Waals surface area (Å²) in [7, 11) is 0. The van der Waals surface area contributed by atoms with E-state index >= 15 is 0 Å². The highest BCUT2D eigenvalue weighted by Gasteiger charge is 2.35. The van der Waals surface area contributed by atoms with Gasteiger partial charge in [-0.3, -0.25) is 9.58 Å². The number of nitrogens with two attached hydrogens (primary N) is 1. The van der Waals surface area contributed by atoms with Crippen LogP contribution in [0.15, 0.2) is 12.4 Å². The monoisotopic (exact) mass is 310 g/mol. The number of aryl methyl sites for hydroxylation is 1. The lowest BCUT2D eigenvalue weighted by molar-refractivity contribution is -0.0382. The Morgan fingerprint density at radius 1 is 1.59 bits per heavy atom. The van der Waals surface area contributed by atoms with Crippen LogP contribution in [0.2, 0.25) is 0 Å². The Morgan fingerprint density at radius 3 is 2.91 bits per heavy atom. The molecule has 0 saturated carbocycles. The van der Waals surface area contributed by atoms with E-state index in [0.29, 0.717) is 19.8 Å². The molecule has 7 nitrogen and oxygen atoms in total. The molecule has 0 aromatic carbocycles. The number of hydrogen-bond acceptors (Lipinski definition) is 5. The first-order valence-electron chi connectivity index (χ1n) is 7.67. The van der Waals surface area contributed by atoms with Gasteiger partial charge in [-0.1, -0.05) is 0 Å². The molecule has 1 saturated heterocycles. The Balaban J connectivity index is 2.13. The first-order valence-corrected chi connectivity index (χ1v) is 7.67. The molecule has 2 unspecified atom stereocenters. The van der Waals surface area contributed by atoms with Gasteiger partial charge in [-0.15, -0.1) is 0 Å². The summed E-state index contributed by atoms with van der Waals surface area (Å²) >= 11 is 0. The SMILES string of the molecule is CCn1cc(C(N)C2COCCN2C(=O)OC(C)(C)C)cn1. The van der Waals surface area contributed by atoms with Crippen molar-refractivity contribution >= 4 is 6.09 Å². The second-order valence-electron chi connectivity index (χ2n) is 6.47. The molecule has 7 heteroatoms. The number of carbonyl (C=O) groups is 1. The maximum Gasteiger partial charge on any atom is 0.410 e. The van der Waals surface area contributed by atoms with Crippen molar-refractivity contribution in [1.29, 1.82) is 0 Å². The third-order valence-electron chi connectivity index (χ3n) is 3.57. The minimum absolute atomic E-state index is 0.252. The maximum absolute atomic E-state index is 12.4. The molecule has 2 N–H and O–H groups in total. The molecule has 22 heavy (non-hydrogen) atoms. The van der Waals surface area contributed by atoms with E-state index in [1.807, 2.05) is 38.6 Å². The number of nitrogens with zero attached hydrogens (tertiary/aromatic N) is 3. The molecule has 0 bridgehead atoms. The molecule has 1 aromatic rings. The van der Waals surface area contributed by atoms with Gasteiger partial charge in [0, 0.05) is 24.8 Å². The predicted octanol–water partition coefficient (Wildman–Crippen LogP) is 1.54. The maximum atomic E-state index is 12.4. The molecule has 2 heterocycles. The molecule has 124 valence electrons. The molecular formula is C15H26N4O3. The third-order valence-corrected chi connectivity index (χ3v) is 3.57. The van der Waals surface area contributed by atoms with Gasteiger partial charge in [0.1, 0.15) is 5.60 Å². The highest BCUT2D eigenvalue weighted by molar-refractivity contribution is 5.69. The number of amides is 1. The predicted molar refractivity (Wildman–Crippen MR) is 82.4 cm³/mol. The fourth-order valence-corrected chi connectivity index (χ4v) is 2.41. The Morgan fingerprint density at radius 2 is 2.32 bits per heavy atom. The first-order chi connectivity index (χ1) is 10.3. The standard InChI is InChI=1S/C15H26N4O3/c1-5-18-9-11(8-17-18)13(16)12-10-21-7-6-19(12)14(20)22-15(2,3)4/h8-9,12-13H,5-7,10,16H2,1-4H3. The minimum atomic E-state index is -0.531. The molecule has 1 amide bonds. The van der Waals surface area contributed by atoms with Gasteiger partial charge in [0.25, 0.3) is 0 Å². The van der Waals surface area contributed by atoms with Crippen LogP contribution < -0.4 is 5.73 Å². The van der Waals surface area contributed by atoms with Crippen molar-refractivity contribution in [3.05, 3.63) is 18.0 Å². The Bertz CT molecular complexity index is 509. The van der Waals surface area contributed by atoms with Crippen LogP contribution in [0.1, 0.15) is 39.3 Å². The number of aromatic nitrogens is 2. The molecule has 1 aliphatic heterocycles. The summed E-state index contributed by atoms with van der Waals surface area (Å²) in [5.41, 5.74) is 6.71. The van der Waals surface area contributed by atoms with Crippen LogP contribution in [0.5, 0.6) is 0 Å². The Kier molecular flexibility index (Phi) is 5.08. The normalized spacial score (nSPS) is 20.8. The van der Waals surface area contributed by atoms with E-state index in [0.717, 1.165) is 12.1 Å². The van der Waals surface area contributed by atoms with Gasteiger partial charge in [0.2, 0.25) is 0 Å². The lowest BCUT2D eigenvalue weighted by Gasteiger charge is -2.39. The largest absolute Gasteiger partial charge is 0.444 e. The van der Waals surface area contributed by atoms with Gasteiger partial charge in [0.15, 0.2) is 0 Å². The van der Waals surface area contributed by atoms with E-state index in [9.17, 15) is 4.79 Å². The average Bonchev–Trinajstić information content (AvgIpc) is 2.93. The van der Waals surface area contributed by atoms with Crippen molar-refractivity contribution in [2.24, 2.45) is 5.73 Å². The topological polar surface area (TPSA) is 82.6 Å². The van der Waals surface area contributed by atoms with Gasteiger partial charge in [0.05, 0.1) is 31.5 Å². The van der Waals surface area contributed by atoms with Gasteiger partial charge in [-0.05, 0) is 27.7 Å². The average molecular weight is 310 g/mol. The zero-order chi connectivity index (χ0) is 16.3. The van der Waals surface area contributed by atoms with Crippen LogP contribution in [0.25, 0.3) is 0 Å². The highest BCUT2D eigenvalue weighted by Crippen LogP contribution is 2.23. The van der Waals surface area contributed by atoms with E-state index in [1.165, 1.54) is 0 Å². The van der Waals surface area contributed by atoms with E-state index in [2.05, 4.69) is 5.10 Å². The number of hydrogen-bond donors (Lipinski definition) is 1. The molecule has 0 spiro atoms. The lowest BCUT2D eigenvalue weighted by atomic mass is 10.0. The molecule has 0 radical (unpaired) electrons. The minimum Gasteiger partial charge on any atom is -0.444 e. The third kappa shape index (κ3) is 3.98. The highest BCUT2D eigenvalue weighted by atomic mass is 16.6. The van der Waals surface area contributed by atoms with Crippen molar-refractivity contribution in [3.8, 4) is 0 Å². The smallest absolute Gasteiger partial charge is 0.410 e. The fourth-order valence-electron chi connectivity index (χ4n) is 2.41. The molecular weight excluding hydrogens is 284 g/mol. The zero-order valence-electron chi connectivity index (χ0n) is 13.8. The van der Waals surface area contributed by atoms with Crippen LogP contribution in [-0.2, 0) is 16.0 Å². The summed E-state index contributed by atoms with van der Waals surface area (Å²) in [6.45, 7) is 9.73. The number of carbonyl (C=O) groups excluding carboxylic acids is 1. The van der Waals surface area contributed by atoms with Crippen LogP contribution in [0.3, 0.4) is 0 Å². The fraction of sp³-hybridized carbons (Fsp3) is 0.733. The summed E-state index contributed by atoms with van der Waals surface area (Å²) in [6.07, 6.45) is 3.31. The zero-order valence-corrected chi connectivity index (χ0v) is 13.8. The second-order valence-corrected chi connectivity index (χ2v) is 6.47. The molecule has 1 aromatic heterocycles. The molecule has 1 aliphatic rings. The molecule has 2 atom stereocenters. The van der Waals surface area contributed by atoms with Crippen LogP contribution in [0, 0.1) is 0 Å². The van der Waals surface area contributed by atoms with Crippen molar-refractivity contribution in [3.63, 3.8) is 0 Å². The van der Waals surface area contributed by atoms with Gasteiger partial charge in [-0.25, -0.2) is 4.79 Å². The summed E-state index contributed by atoms with van der Waals surface area (Å²) in [4.78, 5) is 14.1. The molecule has 2 rings (SSSR count).